The first-order valence-electron chi connectivity index (χ1n) is 13.1. The van der Waals surface area contributed by atoms with Crippen LogP contribution in [0.4, 0.5) is 0 Å². The molecule has 0 radical (unpaired) electrons. The number of hydrogen-bond donors (Lipinski definition) is 2. The lowest BCUT2D eigenvalue weighted by Crippen LogP contribution is -2.63. The van der Waals surface area contributed by atoms with Crippen LogP contribution < -0.4 is 0 Å². The predicted octanol–water partition coefficient (Wildman–Crippen LogP) is 6.44. The lowest BCUT2D eigenvalue weighted by Gasteiger charge is -2.63. The maximum atomic E-state index is 11.4. The molecule has 0 saturated heterocycles. The fraction of sp³-hybridized carbons (Fsp3) is 1.00. The molecule has 168 valence electrons. The van der Waals surface area contributed by atoms with Crippen LogP contribution in [-0.4, -0.2) is 22.4 Å². The van der Waals surface area contributed by atoms with Crippen LogP contribution in [-0.2, 0) is 0 Å². The molecule has 0 heterocycles. The Bertz CT molecular complexity index is 573. The van der Waals surface area contributed by atoms with E-state index in [1.807, 2.05) is 0 Å². The lowest BCUT2D eigenvalue weighted by molar-refractivity contribution is -0.215. The third-order valence-electron chi connectivity index (χ3n) is 10.9. The van der Waals surface area contributed by atoms with Crippen molar-refractivity contribution < 1.29 is 10.2 Å². The maximum Gasteiger partial charge on any atom is 0.0835 e. The molecule has 0 aliphatic heterocycles. The SMILES string of the molecule is CC(C)CCC[C@@H](C)[C@H]1CC[C@H]2[C@@H]3[C@@H](O)[C@H](O)[C@H]4CCCC[C@]4(C)[C@H]3CC[C@]12C. The Labute approximate surface area is 180 Å². The first-order chi connectivity index (χ1) is 13.7. The Morgan fingerprint density at radius 1 is 0.759 bits per heavy atom. The van der Waals surface area contributed by atoms with Gasteiger partial charge in [0, 0.05) is 0 Å². The van der Waals surface area contributed by atoms with Crippen LogP contribution in [0.3, 0.4) is 0 Å². The van der Waals surface area contributed by atoms with Gasteiger partial charge in [0.05, 0.1) is 12.2 Å². The molecule has 0 aromatic rings. The van der Waals surface area contributed by atoms with Crippen LogP contribution in [0.5, 0.6) is 0 Å². The van der Waals surface area contributed by atoms with Crippen molar-refractivity contribution in [2.45, 2.75) is 117 Å². The van der Waals surface area contributed by atoms with Crippen molar-refractivity contribution in [3.8, 4) is 0 Å². The van der Waals surface area contributed by atoms with Gasteiger partial charge in [-0.1, -0.05) is 66.7 Å². The van der Waals surface area contributed by atoms with Gasteiger partial charge in [-0.25, -0.2) is 0 Å². The first kappa shape index (κ1) is 22.1. The summed E-state index contributed by atoms with van der Waals surface area (Å²) in [5, 5.41) is 22.5. The van der Waals surface area contributed by atoms with E-state index in [1.165, 1.54) is 64.2 Å². The minimum Gasteiger partial charge on any atom is -0.390 e. The summed E-state index contributed by atoms with van der Waals surface area (Å²) in [6, 6.07) is 0. The lowest BCUT2D eigenvalue weighted by atomic mass is 9.43. The summed E-state index contributed by atoms with van der Waals surface area (Å²) in [6.45, 7) is 12.2. The van der Waals surface area contributed by atoms with Crippen molar-refractivity contribution in [2.75, 3.05) is 0 Å². The van der Waals surface area contributed by atoms with Crippen molar-refractivity contribution in [3.05, 3.63) is 0 Å². The monoisotopic (exact) mass is 404 g/mol. The summed E-state index contributed by atoms with van der Waals surface area (Å²) in [6.07, 6.45) is 13.3. The number of fused-ring (bicyclic) bond motifs is 5. The second-order valence-corrected chi connectivity index (χ2v) is 12.7. The van der Waals surface area contributed by atoms with Gasteiger partial charge in [0.1, 0.15) is 0 Å². The van der Waals surface area contributed by atoms with E-state index in [4.69, 9.17) is 0 Å². The topological polar surface area (TPSA) is 40.5 Å². The average Bonchev–Trinajstić information content (AvgIpc) is 3.02. The van der Waals surface area contributed by atoms with Crippen molar-refractivity contribution in [1.82, 2.24) is 0 Å². The largest absolute Gasteiger partial charge is 0.390 e. The van der Waals surface area contributed by atoms with Gasteiger partial charge in [0.15, 0.2) is 0 Å². The predicted molar refractivity (Wildman–Crippen MR) is 120 cm³/mol. The summed E-state index contributed by atoms with van der Waals surface area (Å²) in [5.74, 6) is 4.31. The highest BCUT2D eigenvalue weighted by atomic mass is 16.3. The van der Waals surface area contributed by atoms with Gasteiger partial charge >= 0.3 is 0 Å². The normalized spacial score (nSPS) is 50.7. The van der Waals surface area contributed by atoms with Crippen molar-refractivity contribution >= 4 is 0 Å². The highest BCUT2D eigenvalue weighted by Gasteiger charge is 2.64. The van der Waals surface area contributed by atoms with Gasteiger partial charge in [0.2, 0.25) is 0 Å². The molecule has 0 unspecified atom stereocenters. The van der Waals surface area contributed by atoms with E-state index in [0.717, 1.165) is 24.2 Å². The smallest absolute Gasteiger partial charge is 0.0835 e. The molecule has 0 aromatic carbocycles. The Kier molecular flexibility index (Phi) is 6.19. The van der Waals surface area contributed by atoms with Crippen molar-refractivity contribution in [3.63, 3.8) is 0 Å². The molecule has 4 fully saturated rings. The minimum absolute atomic E-state index is 0.254. The van der Waals surface area contributed by atoms with Crippen LogP contribution >= 0.6 is 0 Å². The molecule has 2 nitrogen and oxygen atoms in total. The Morgan fingerprint density at radius 3 is 2.21 bits per heavy atom. The first-order valence-corrected chi connectivity index (χ1v) is 13.1. The Morgan fingerprint density at radius 2 is 1.48 bits per heavy atom. The van der Waals surface area contributed by atoms with Crippen molar-refractivity contribution in [2.24, 2.45) is 52.3 Å². The molecule has 4 saturated carbocycles. The van der Waals surface area contributed by atoms with Gasteiger partial charge < -0.3 is 10.2 Å². The van der Waals surface area contributed by atoms with Crippen LogP contribution in [0.1, 0.15) is 105 Å². The molecular formula is C27H48O2. The quantitative estimate of drug-likeness (QED) is 0.553. The van der Waals surface area contributed by atoms with Gasteiger partial charge in [-0.05, 0) is 90.8 Å². The molecule has 0 bridgehead atoms. The Balaban J connectivity index is 1.54. The Hall–Kier alpha value is -0.0800. The number of hydrogen-bond acceptors (Lipinski definition) is 2. The zero-order chi connectivity index (χ0) is 21.0. The van der Waals surface area contributed by atoms with E-state index in [0.29, 0.717) is 29.1 Å². The van der Waals surface area contributed by atoms with Gasteiger partial charge in [-0.3, -0.25) is 0 Å². The van der Waals surface area contributed by atoms with E-state index in [1.54, 1.807) is 0 Å². The zero-order valence-corrected chi connectivity index (χ0v) is 19.9. The molecule has 0 spiro atoms. The highest BCUT2D eigenvalue weighted by molar-refractivity contribution is 5.13. The third-order valence-corrected chi connectivity index (χ3v) is 10.9. The van der Waals surface area contributed by atoms with Crippen LogP contribution in [0.15, 0.2) is 0 Å². The number of rotatable bonds is 5. The number of aliphatic hydroxyl groups excluding tert-OH is 2. The second kappa shape index (κ2) is 8.12. The molecule has 4 aliphatic carbocycles. The van der Waals surface area contributed by atoms with Crippen molar-refractivity contribution in [1.29, 1.82) is 0 Å². The zero-order valence-electron chi connectivity index (χ0n) is 19.9. The minimum atomic E-state index is -0.494. The third kappa shape index (κ3) is 3.53. The van der Waals surface area contributed by atoms with E-state index < -0.39 is 12.2 Å². The number of aliphatic hydroxyl groups is 2. The standard InChI is InChI=1S/C27H48O2/c1-17(2)9-8-10-18(3)19-12-13-20-23-21(14-16-27(19,20)5)26(4)15-7-6-11-22(26)24(28)25(23)29/h17-25,28-29H,6-16H2,1-5H3/t18-,19-,20+,21+,22-,23+,24-,25-,26-,27-/m1/s1. The fourth-order valence-electron chi connectivity index (χ4n) is 9.34. The van der Waals surface area contributed by atoms with Gasteiger partial charge in [0.25, 0.3) is 0 Å². The molecule has 4 aliphatic rings. The molecule has 0 amide bonds. The van der Waals surface area contributed by atoms with Crippen LogP contribution in [0.25, 0.3) is 0 Å². The molecule has 2 heteroatoms. The maximum absolute atomic E-state index is 11.4. The van der Waals surface area contributed by atoms with Crippen LogP contribution in [0, 0.1) is 52.3 Å². The van der Waals surface area contributed by atoms with E-state index in [-0.39, 0.29) is 5.41 Å². The molecular weight excluding hydrogens is 356 g/mol. The fourth-order valence-corrected chi connectivity index (χ4v) is 9.34. The molecule has 29 heavy (non-hydrogen) atoms. The highest BCUT2D eigenvalue weighted by Crippen LogP contribution is 2.68. The van der Waals surface area contributed by atoms with Gasteiger partial charge in [-0.15, -0.1) is 0 Å². The average molecular weight is 405 g/mol. The summed E-state index contributed by atoms with van der Waals surface area (Å²) < 4.78 is 0. The van der Waals surface area contributed by atoms with E-state index >= 15 is 0 Å². The second-order valence-electron chi connectivity index (χ2n) is 12.7. The molecule has 10 atom stereocenters. The molecule has 2 N–H and O–H groups in total. The van der Waals surface area contributed by atoms with E-state index in [9.17, 15) is 10.2 Å². The summed E-state index contributed by atoms with van der Waals surface area (Å²) in [5.41, 5.74) is 0.626. The van der Waals surface area contributed by atoms with Gasteiger partial charge in [-0.2, -0.15) is 0 Å². The van der Waals surface area contributed by atoms with E-state index in [2.05, 4.69) is 34.6 Å². The summed E-state index contributed by atoms with van der Waals surface area (Å²) in [4.78, 5) is 0. The van der Waals surface area contributed by atoms with Crippen LogP contribution in [0.2, 0.25) is 0 Å². The summed E-state index contributed by atoms with van der Waals surface area (Å²) in [7, 11) is 0. The molecule has 0 aromatic heterocycles. The molecule has 4 rings (SSSR count). The summed E-state index contributed by atoms with van der Waals surface area (Å²) >= 11 is 0.